The van der Waals surface area contributed by atoms with Crippen LogP contribution in [0.3, 0.4) is 0 Å². The first-order valence-electron chi connectivity index (χ1n) is 5.70. The van der Waals surface area contributed by atoms with Crippen LogP contribution < -0.4 is 4.74 Å². The molecule has 0 aliphatic rings. The molecule has 2 aromatic carbocycles. The van der Waals surface area contributed by atoms with Crippen molar-refractivity contribution < 1.29 is 13.9 Å². The maximum atomic E-state index is 13.2. The molecular weight excluding hydrogens is 325 g/mol. The zero-order valence-electron chi connectivity index (χ0n) is 10.3. The molecule has 0 N–H and O–H groups in total. The van der Waals surface area contributed by atoms with Crippen LogP contribution in [-0.4, -0.2) is 6.29 Å². The minimum atomic E-state index is -0.440. The van der Waals surface area contributed by atoms with E-state index in [1.54, 1.807) is 18.2 Å². The fourth-order valence-corrected chi connectivity index (χ4v) is 2.21. The van der Waals surface area contributed by atoms with Crippen molar-refractivity contribution in [3.63, 3.8) is 0 Å². The Labute approximate surface area is 123 Å². The Kier molecular flexibility index (Phi) is 4.49. The van der Waals surface area contributed by atoms with E-state index in [1.807, 2.05) is 6.07 Å². The van der Waals surface area contributed by atoms with Crippen molar-refractivity contribution in [1.29, 1.82) is 5.26 Å². The van der Waals surface area contributed by atoms with Gasteiger partial charge in [-0.3, -0.25) is 4.79 Å². The van der Waals surface area contributed by atoms with Crippen molar-refractivity contribution in [3.05, 3.63) is 63.4 Å². The number of hydrogen-bond donors (Lipinski definition) is 0. The minimum Gasteiger partial charge on any atom is -0.487 e. The smallest absolute Gasteiger partial charge is 0.153 e. The topological polar surface area (TPSA) is 50.1 Å². The van der Waals surface area contributed by atoms with Crippen molar-refractivity contribution in [2.75, 3.05) is 0 Å². The van der Waals surface area contributed by atoms with E-state index in [0.29, 0.717) is 33.2 Å². The SMILES string of the molecule is N#Cc1ccc(F)cc1COc1c(Br)cccc1C=O. The Balaban J connectivity index is 2.28. The van der Waals surface area contributed by atoms with Crippen molar-refractivity contribution in [2.24, 2.45) is 0 Å². The van der Waals surface area contributed by atoms with Gasteiger partial charge in [0.2, 0.25) is 0 Å². The van der Waals surface area contributed by atoms with Gasteiger partial charge in [0, 0.05) is 5.56 Å². The summed E-state index contributed by atoms with van der Waals surface area (Å²) in [6.07, 6.45) is 0.677. The lowest BCUT2D eigenvalue weighted by Crippen LogP contribution is -2.01. The van der Waals surface area contributed by atoms with Gasteiger partial charge in [-0.1, -0.05) is 6.07 Å². The molecule has 0 saturated carbocycles. The maximum Gasteiger partial charge on any atom is 0.153 e. The fraction of sp³-hybridized carbons (Fsp3) is 0.0667. The van der Waals surface area contributed by atoms with E-state index in [4.69, 9.17) is 10.00 Å². The highest BCUT2D eigenvalue weighted by Crippen LogP contribution is 2.29. The van der Waals surface area contributed by atoms with Gasteiger partial charge in [-0.05, 0) is 46.3 Å². The van der Waals surface area contributed by atoms with E-state index in [1.165, 1.54) is 18.2 Å². The van der Waals surface area contributed by atoms with E-state index >= 15 is 0 Å². The fourth-order valence-electron chi connectivity index (χ4n) is 1.71. The second-order valence-electron chi connectivity index (χ2n) is 3.98. The largest absolute Gasteiger partial charge is 0.487 e. The van der Waals surface area contributed by atoms with Gasteiger partial charge in [-0.15, -0.1) is 0 Å². The van der Waals surface area contributed by atoms with E-state index in [0.717, 1.165) is 0 Å². The van der Waals surface area contributed by atoms with Gasteiger partial charge in [0.15, 0.2) is 6.29 Å². The quantitative estimate of drug-likeness (QED) is 0.798. The molecule has 0 radical (unpaired) electrons. The van der Waals surface area contributed by atoms with Crippen LogP contribution in [0.4, 0.5) is 4.39 Å². The van der Waals surface area contributed by atoms with Crippen LogP contribution >= 0.6 is 15.9 Å². The lowest BCUT2D eigenvalue weighted by Gasteiger charge is -2.11. The number of carbonyl (C=O) groups is 1. The third-order valence-corrected chi connectivity index (χ3v) is 3.31. The van der Waals surface area contributed by atoms with Crippen molar-refractivity contribution in [3.8, 4) is 11.8 Å². The molecule has 0 unspecified atom stereocenters. The maximum absolute atomic E-state index is 13.2. The molecule has 0 aliphatic heterocycles. The lowest BCUT2D eigenvalue weighted by molar-refractivity contribution is 0.111. The summed E-state index contributed by atoms with van der Waals surface area (Å²) in [5.41, 5.74) is 1.15. The van der Waals surface area contributed by atoms with Gasteiger partial charge >= 0.3 is 0 Å². The normalized spacial score (nSPS) is 9.85. The number of aldehydes is 1. The molecule has 0 saturated heterocycles. The predicted octanol–water partition coefficient (Wildman–Crippen LogP) is 3.85. The number of benzene rings is 2. The van der Waals surface area contributed by atoms with Crippen LogP contribution in [0.2, 0.25) is 0 Å². The van der Waals surface area contributed by atoms with E-state index in [9.17, 15) is 9.18 Å². The molecule has 0 atom stereocenters. The van der Waals surface area contributed by atoms with Crippen LogP contribution in [0.1, 0.15) is 21.5 Å². The second-order valence-corrected chi connectivity index (χ2v) is 4.83. The number of hydrogen-bond acceptors (Lipinski definition) is 3. The van der Waals surface area contributed by atoms with Crippen molar-refractivity contribution in [1.82, 2.24) is 0 Å². The third-order valence-electron chi connectivity index (χ3n) is 2.68. The molecule has 0 fully saturated rings. The number of nitrogens with zero attached hydrogens (tertiary/aromatic N) is 1. The van der Waals surface area contributed by atoms with Gasteiger partial charge in [-0.2, -0.15) is 5.26 Å². The standard InChI is InChI=1S/C15H9BrFNO2/c16-14-3-1-2-11(8-19)15(14)20-9-12-6-13(17)5-4-10(12)7-18/h1-6,8H,9H2. The zero-order chi connectivity index (χ0) is 14.5. The Morgan fingerprint density at radius 3 is 2.85 bits per heavy atom. The predicted molar refractivity (Wildman–Crippen MR) is 75.0 cm³/mol. The Morgan fingerprint density at radius 2 is 2.15 bits per heavy atom. The number of halogens is 2. The number of carbonyl (C=O) groups excluding carboxylic acids is 1. The van der Waals surface area contributed by atoms with E-state index in [2.05, 4.69) is 15.9 Å². The summed E-state index contributed by atoms with van der Waals surface area (Å²) >= 11 is 3.29. The number of ether oxygens (including phenoxy) is 1. The van der Waals surface area contributed by atoms with Gasteiger partial charge in [0.25, 0.3) is 0 Å². The van der Waals surface area contributed by atoms with Crippen LogP contribution in [0.5, 0.6) is 5.75 Å². The Morgan fingerprint density at radius 1 is 1.35 bits per heavy atom. The first kappa shape index (κ1) is 14.2. The molecule has 0 aromatic heterocycles. The summed E-state index contributed by atoms with van der Waals surface area (Å²) < 4.78 is 19.4. The average Bonchev–Trinajstić information content (AvgIpc) is 2.46. The second kappa shape index (κ2) is 6.31. The summed E-state index contributed by atoms with van der Waals surface area (Å²) in [5, 5.41) is 8.97. The molecule has 0 bridgehead atoms. The van der Waals surface area contributed by atoms with Crippen molar-refractivity contribution >= 4 is 22.2 Å². The third kappa shape index (κ3) is 3.03. The van der Waals surface area contributed by atoms with Gasteiger partial charge in [0.05, 0.1) is 21.7 Å². The molecule has 0 amide bonds. The lowest BCUT2D eigenvalue weighted by atomic mass is 10.1. The highest BCUT2D eigenvalue weighted by molar-refractivity contribution is 9.10. The monoisotopic (exact) mass is 333 g/mol. The molecular formula is C15H9BrFNO2. The molecule has 3 nitrogen and oxygen atoms in total. The molecule has 0 aliphatic carbocycles. The van der Waals surface area contributed by atoms with Gasteiger partial charge < -0.3 is 4.74 Å². The number of para-hydroxylation sites is 1. The minimum absolute atomic E-state index is 0.00407. The number of rotatable bonds is 4. The van der Waals surface area contributed by atoms with Crippen LogP contribution in [0.25, 0.3) is 0 Å². The summed E-state index contributed by atoms with van der Waals surface area (Å²) in [4.78, 5) is 11.0. The molecule has 5 heteroatoms. The molecule has 0 heterocycles. The summed E-state index contributed by atoms with van der Waals surface area (Å²) in [6.45, 7) is 0.00407. The molecule has 2 aromatic rings. The number of nitriles is 1. The van der Waals surface area contributed by atoms with E-state index < -0.39 is 5.82 Å². The highest BCUT2D eigenvalue weighted by atomic mass is 79.9. The molecule has 100 valence electrons. The summed E-state index contributed by atoms with van der Waals surface area (Å²) in [7, 11) is 0. The first-order chi connectivity index (χ1) is 9.65. The van der Waals surface area contributed by atoms with E-state index in [-0.39, 0.29) is 6.61 Å². The first-order valence-corrected chi connectivity index (χ1v) is 6.50. The summed E-state index contributed by atoms with van der Waals surface area (Å²) in [5.74, 6) is -0.0685. The highest BCUT2D eigenvalue weighted by Gasteiger charge is 2.10. The average molecular weight is 334 g/mol. The summed E-state index contributed by atoms with van der Waals surface area (Å²) in [6, 6.07) is 10.9. The Hall–Kier alpha value is -2.19. The van der Waals surface area contributed by atoms with Gasteiger partial charge in [-0.25, -0.2) is 4.39 Å². The van der Waals surface area contributed by atoms with Crippen LogP contribution in [0.15, 0.2) is 40.9 Å². The van der Waals surface area contributed by atoms with Crippen molar-refractivity contribution in [2.45, 2.75) is 6.61 Å². The zero-order valence-corrected chi connectivity index (χ0v) is 11.9. The van der Waals surface area contributed by atoms with Gasteiger partial charge in [0.1, 0.15) is 18.2 Å². The van der Waals surface area contributed by atoms with Crippen LogP contribution in [-0.2, 0) is 6.61 Å². The molecule has 20 heavy (non-hydrogen) atoms. The van der Waals surface area contributed by atoms with Crippen LogP contribution in [0, 0.1) is 17.1 Å². The Bertz CT molecular complexity index is 695. The molecule has 0 spiro atoms. The molecule has 2 rings (SSSR count).